The molecule has 8 nitrogen and oxygen atoms in total. The van der Waals surface area contributed by atoms with Crippen molar-refractivity contribution in [1.82, 2.24) is 15.1 Å². The Bertz CT molecular complexity index is 1230. The minimum absolute atomic E-state index is 0.198. The number of morpholine rings is 1. The highest BCUT2D eigenvalue weighted by Gasteiger charge is 2.40. The fraction of sp³-hybridized carbons (Fsp3) is 0.400. The number of piperidine rings is 1. The number of rotatable bonds is 6. The van der Waals surface area contributed by atoms with E-state index >= 15 is 0 Å². The van der Waals surface area contributed by atoms with Crippen LogP contribution in [0.4, 0.5) is 0 Å². The van der Waals surface area contributed by atoms with Crippen LogP contribution in [0.2, 0.25) is 0 Å². The van der Waals surface area contributed by atoms with Gasteiger partial charge in [0.05, 0.1) is 25.8 Å². The Morgan fingerprint density at radius 1 is 1.05 bits per heavy atom. The Labute approximate surface area is 221 Å². The van der Waals surface area contributed by atoms with Crippen LogP contribution in [-0.2, 0) is 20.9 Å². The number of fused-ring (bicyclic) bond motifs is 1. The molecule has 0 saturated carbocycles. The third-order valence-corrected chi connectivity index (χ3v) is 7.94. The second kappa shape index (κ2) is 10.4. The number of carbonyl (C=O) groups excluding carboxylic acids is 3. The maximum atomic E-state index is 13.2. The Morgan fingerprint density at radius 2 is 1.76 bits per heavy atom. The van der Waals surface area contributed by atoms with Crippen LogP contribution in [0, 0.1) is 0 Å². The number of ether oxygens (including phenoxy) is 2. The van der Waals surface area contributed by atoms with Crippen molar-refractivity contribution in [3.05, 3.63) is 52.6 Å². The van der Waals surface area contributed by atoms with E-state index in [-0.39, 0.29) is 30.8 Å². The van der Waals surface area contributed by atoms with Gasteiger partial charge in [-0.05, 0) is 29.7 Å². The fourth-order valence-corrected chi connectivity index (χ4v) is 5.98. The van der Waals surface area contributed by atoms with Crippen molar-refractivity contribution in [3.8, 4) is 5.75 Å². The largest absolute Gasteiger partial charge is 0.495 e. The van der Waals surface area contributed by atoms with E-state index in [9.17, 15) is 14.4 Å². The van der Waals surface area contributed by atoms with Crippen LogP contribution in [-0.4, -0.2) is 91.3 Å². The topological polar surface area (TPSA) is 88.2 Å². The van der Waals surface area contributed by atoms with Gasteiger partial charge in [-0.2, -0.15) is 0 Å². The summed E-state index contributed by atoms with van der Waals surface area (Å²) in [5, 5.41) is 2.36. The first-order valence-electron chi connectivity index (χ1n) is 13.1. The highest BCUT2D eigenvalue weighted by molar-refractivity contribution is 6.41. The molecule has 3 atom stereocenters. The first-order valence-corrected chi connectivity index (χ1v) is 13.1. The lowest BCUT2D eigenvalue weighted by molar-refractivity contribution is -0.136. The molecule has 37 heavy (non-hydrogen) atoms. The summed E-state index contributed by atoms with van der Waals surface area (Å²) >= 11 is 0. The van der Waals surface area contributed by atoms with Gasteiger partial charge in [0.2, 0.25) is 11.8 Å². The lowest BCUT2D eigenvalue weighted by atomic mass is 9.71. The Morgan fingerprint density at radius 3 is 2.43 bits per heavy atom. The summed E-state index contributed by atoms with van der Waals surface area (Å²) in [5.41, 5.74) is 6.13. The van der Waals surface area contributed by atoms with Crippen LogP contribution < -0.4 is 21.0 Å². The fourth-order valence-electron chi connectivity index (χ4n) is 5.98. The molecule has 188 valence electrons. The van der Waals surface area contributed by atoms with Gasteiger partial charge in [0.1, 0.15) is 35.3 Å². The zero-order valence-electron chi connectivity index (χ0n) is 22.0. The van der Waals surface area contributed by atoms with Gasteiger partial charge in [-0.1, -0.05) is 29.1 Å². The highest BCUT2D eigenvalue weighted by atomic mass is 16.5. The van der Waals surface area contributed by atoms with Gasteiger partial charge in [-0.3, -0.25) is 24.6 Å². The van der Waals surface area contributed by atoms with E-state index in [4.69, 9.17) is 9.47 Å². The average Bonchev–Trinajstić information content (AvgIpc) is 3.21. The van der Waals surface area contributed by atoms with Crippen molar-refractivity contribution >= 4 is 60.0 Å². The highest BCUT2D eigenvalue weighted by Crippen LogP contribution is 2.35. The maximum Gasteiger partial charge on any atom is 0.255 e. The molecular weight excluding hydrogens is 466 g/mol. The second-order valence-corrected chi connectivity index (χ2v) is 10.3. The van der Waals surface area contributed by atoms with Gasteiger partial charge >= 0.3 is 0 Å². The normalized spacial score (nSPS) is 21.9. The zero-order valence-corrected chi connectivity index (χ0v) is 22.0. The molecule has 3 heterocycles. The summed E-state index contributed by atoms with van der Waals surface area (Å²) in [5.74, 6) is 0.0626. The number of amides is 3. The minimum atomic E-state index is -0.645. The SMILES string of the molecule is Bc1cc(C(B)N2CCOCC2)cc(B)c1C(B)Oc1cccc2c1CN(C1CCC(=O)NC1=O)C2=O. The van der Waals surface area contributed by atoms with E-state index in [1.165, 1.54) is 16.5 Å². The number of carbonyl (C=O) groups is 3. The summed E-state index contributed by atoms with van der Waals surface area (Å²) in [4.78, 5) is 41.2. The third-order valence-electron chi connectivity index (χ3n) is 7.94. The molecule has 12 heteroatoms. The number of nitrogens with one attached hydrogen (secondary N) is 1. The van der Waals surface area contributed by atoms with Crippen LogP contribution in [0.1, 0.15) is 51.8 Å². The van der Waals surface area contributed by atoms with Crippen LogP contribution in [0.15, 0.2) is 30.3 Å². The van der Waals surface area contributed by atoms with Crippen molar-refractivity contribution in [2.45, 2.75) is 37.4 Å². The van der Waals surface area contributed by atoms with Gasteiger partial charge in [0, 0.05) is 36.6 Å². The summed E-state index contributed by atoms with van der Waals surface area (Å²) in [6.45, 7) is 3.71. The molecular formula is C25H31B4N3O5. The van der Waals surface area contributed by atoms with Crippen molar-refractivity contribution in [2.24, 2.45) is 0 Å². The number of nitrogens with zero attached hydrogens (tertiary/aromatic N) is 2. The molecule has 3 aliphatic heterocycles. The van der Waals surface area contributed by atoms with E-state index in [0.717, 1.165) is 37.4 Å². The molecule has 0 radical (unpaired) electrons. The average molecular weight is 497 g/mol. The van der Waals surface area contributed by atoms with Gasteiger partial charge in [0.25, 0.3) is 5.91 Å². The summed E-state index contributed by atoms with van der Waals surface area (Å²) in [7, 11) is 8.54. The molecule has 0 spiro atoms. The summed E-state index contributed by atoms with van der Waals surface area (Å²) in [6, 6.07) is 9.12. The second-order valence-electron chi connectivity index (χ2n) is 10.3. The van der Waals surface area contributed by atoms with Crippen molar-refractivity contribution in [1.29, 1.82) is 0 Å². The van der Waals surface area contributed by atoms with Crippen molar-refractivity contribution < 1.29 is 23.9 Å². The monoisotopic (exact) mass is 497 g/mol. The predicted molar refractivity (Wildman–Crippen MR) is 151 cm³/mol. The molecule has 0 aliphatic carbocycles. The molecule has 2 fully saturated rings. The molecule has 0 aromatic heterocycles. The smallest absolute Gasteiger partial charge is 0.255 e. The molecule has 2 saturated heterocycles. The molecule has 2 aromatic rings. The zero-order chi connectivity index (χ0) is 26.3. The van der Waals surface area contributed by atoms with Crippen LogP contribution >= 0.6 is 0 Å². The molecule has 5 rings (SSSR count). The van der Waals surface area contributed by atoms with E-state index in [0.29, 0.717) is 23.7 Å². The van der Waals surface area contributed by atoms with Gasteiger partial charge in [0.15, 0.2) is 7.85 Å². The van der Waals surface area contributed by atoms with E-state index in [2.05, 4.69) is 45.9 Å². The minimum Gasteiger partial charge on any atom is -0.495 e. The van der Waals surface area contributed by atoms with E-state index < -0.39 is 11.9 Å². The number of hydrogen-bond acceptors (Lipinski definition) is 6. The maximum absolute atomic E-state index is 13.2. The number of imide groups is 1. The predicted octanol–water partition coefficient (Wildman–Crippen LogP) is -3.36. The molecule has 3 amide bonds. The van der Waals surface area contributed by atoms with Crippen molar-refractivity contribution in [2.75, 3.05) is 26.3 Å². The lowest BCUT2D eigenvalue weighted by Crippen LogP contribution is -2.52. The summed E-state index contributed by atoms with van der Waals surface area (Å²) in [6.07, 6.45) is 0.570. The Hall–Kier alpha value is -2.97. The van der Waals surface area contributed by atoms with E-state index in [1.54, 1.807) is 11.0 Å². The van der Waals surface area contributed by atoms with Gasteiger partial charge in [-0.25, -0.2) is 0 Å². The van der Waals surface area contributed by atoms with Crippen LogP contribution in [0.25, 0.3) is 0 Å². The molecule has 2 aromatic carbocycles. The molecule has 1 N–H and O–H groups in total. The number of benzene rings is 2. The van der Waals surface area contributed by atoms with Crippen LogP contribution in [0.3, 0.4) is 0 Å². The van der Waals surface area contributed by atoms with Gasteiger partial charge in [-0.15, -0.1) is 0 Å². The Balaban J connectivity index is 1.35. The van der Waals surface area contributed by atoms with Gasteiger partial charge < -0.3 is 14.4 Å². The lowest BCUT2D eigenvalue weighted by Gasteiger charge is -2.33. The Kier molecular flexibility index (Phi) is 7.23. The molecule has 3 unspecified atom stereocenters. The first-order chi connectivity index (χ1) is 17.7. The first kappa shape index (κ1) is 25.7. The number of hydrogen-bond donors (Lipinski definition) is 1. The van der Waals surface area contributed by atoms with Crippen molar-refractivity contribution in [3.63, 3.8) is 0 Å². The van der Waals surface area contributed by atoms with Crippen LogP contribution in [0.5, 0.6) is 5.75 Å². The van der Waals surface area contributed by atoms with E-state index in [1.807, 2.05) is 20.0 Å². The third kappa shape index (κ3) is 4.97. The molecule has 3 aliphatic rings. The quantitative estimate of drug-likeness (QED) is 0.332. The standard InChI is InChI=1S/C25H31B4N3O5/c26-16-10-13(22(28)31-6-8-36-9-7-31)11-17(27)21(16)23(29)37-19-3-1-2-14-15(19)12-32(25(14)35)18-4-5-20(33)30-24(18)34/h1-3,10-11,18,22-23H,4-9,12,26-29H2,(H,30,33,34). The summed E-state index contributed by atoms with van der Waals surface area (Å²) < 4.78 is 12.0. The molecule has 0 bridgehead atoms.